The Balaban J connectivity index is 2.00. The summed E-state index contributed by atoms with van der Waals surface area (Å²) in [6.07, 6.45) is -0.153. The molecular formula is C19H25N3O5S. The molecule has 0 spiro atoms. The molecule has 0 aromatic heterocycles. The first-order valence-electron chi connectivity index (χ1n) is 9.01. The van der Waals surface area contributed by atoms with Crippen molar-refractivity contribution in [2.75, 3.05) is 26.8 Å². The Morgan fingerprint density at radius 1 is 1.32 bits per heavy atom. The lowest BCUT2D eigenvalue weighted by Crippen LogP contribution is -2.60. The van der Waals surface area contributed by atoms with Gasteiger partial charge in [-0.05, 0) is 42.4 Å². The van der Waals surface area contributed by atoms with Crippen LogP contribution in [0.3, 0.4) is 0 Å². The minimum absolute atomic E-state index is 0.0916. The fraction of sp³-hybridized carbons (Fsp3) is 0.474. The van der Waals surface area contributed by atoms with Gasteiger partial charge >= 0.3 is 5.97 Å². The molecule has 1 aliphatic heterocycles. The van der Waals surface area contributed by atoms with Gasteiger partial charge in [0.2, 0.25) is 5.91 Å². The van der Waals surface area contributed by atoms with E-state index >= 15 is 0 Å². The van der Waals surface area contributed by atoms with Crippen LogP contribution in [-0.4, -0.2) is 60.6 Å². The summed E-state index contributed by atoms with van der Waals surface area (Å²) in [5, 5.41) is 5.40. The van der Waals surface area contributed by atoms with Crippen molar-refractivity contribution in [1.82, 2.24) is 15.5 Å². The van der Waals surface area contributed by atoms with Gasteiger partial charge in [0, 0.05) is 18.7 Å². The Kier molecular flexibility index (Phi) is 7.74. The van der Waals surface area contributed by atoms with E-state index in [2.05, 4.69) is 29.2 Å². The standard InChI is InChI=1S/C19H25N3O5S/c1-12(2)11-27-14-6-4-13(5-7-14)17(24)21-19(28)22-9-8-20-18(25)15(22)10-16(23)26-3/h4-7,12,15H,8-11H2,1-3H3,(H,20,25)(H,21,24,28). The zero-order valence-electron chi connectivity index (χ0n) is 16.2. The number of carbonyl (C=O) groups excluding carboxylic acids is 3. The van der Waals surface area contributed by atoms with Gasteiger partial charge in [0.1, 0.15) is 11.8 Å². The van der Waals surface area contributed by atoms with Gasteiger partial charge in [-0.15, -0.1) is 0 Å². The first-order valence-corrected chi connectivity index (χ1v) is 9.42. The average Bonchev–Trinajstić information content (AvgIpc) is 2.67. The Hall–Kier alpha value is -2.68. The van der Waals surface area contributed by atoms with Crippen molar-refractivity contribution < 1.29 is 23.9 Å². The molecule has 1 atom stereocenters. The molecule has 1 heterocycles. The largest absolute Gasteiger partial charge is 0.493 e. The number of hydrogen-bond acceptors (Lipinski definition) is 6. The third kappa shape index (κ3) is 5.91. The zero-order chi connectivity index (χ0) is 20.7. The highest BCUT2D eigenvalue weighted by Crippen LogP contribution is 2.14. The molecule has 28 heavy (non-hydrogen) atoms. The molecule has 1 aromatic carbocycles. The molecule has 1 unspecified atom stereocenters. The number of esters is 1. The smallest absolute Gasteiger partial charge is 0.308 e. The molecule has 0 saturated carbocycles. The van der Waals surface area contributed by atoms with Gasteiger partial charge in [0.25, 0.3) is 5.91 Å². The van der Waals surface area contributed by atoms with Crippen molar-refractivity contribution in [3.8, 4) is 5.75 Å². The van der Waals surface area contributed by atoms with E-state index in [1.54, 1.807) is 24.3 Å². The van der Waals surface area contributed by atoms with E-state index < -0.39 is 17.9 Å². The maximum absolute atomic E-state index is 12.5. The summed E-state index contributed by atoms with van der Waals surface area (Å²) in [4.78, 5) is 37.7. The van der Waals surface area contributed by atoms with E-state index in [4.69, 9.17) is 17.0 Å². The molecule has 1 aliphatic rings. The van der Waals surface area contributed by atoms with Crippen molar-refractivity contribution in [3.05, 3.63) is 29.8 Å². The maximum atomic E-state index is 12.5. The number of methoxy groups -OCH3 is 1. The lowest BCUT2D eigenvalue weighted by atomic mass is 10.1. The lowest BCUT2D eigenvalue weighted by molar-refractivity contribution is -0.144. The topological polar surface area (TPSA) is 97.0 Å². The van der Waals surface area contributed by atoms with E-state index in [9.17, 15) is 14.4 Å². The number of nitrogens with one attached hydrogen (secondary N) is 2. The van der Waals surface area contributed by atoms with Crippen molar-refractivity contribution >= 4 is 35.1 Å². The molecular weight excluding hydrogens is 382 g/mol. The Morgan fingerprint density at radius 2 is 2.00 bits per heavy atom. The highest BCUT2D eigenvalue weighted by Gasteiger charge is 2.34. The zero-order valence-corrected chi connectivity index (χ0v) is 17.0. The van der Waals surface area contributed by atoms with Crippen LogP contribution in [0.2, 0.25) is 0 Å². The van der Waals surface area contributed by atoms with Crippen LogP contribution >= 0.6 is 12.2 Å². The minimum Gasteiger partial charge on any atom is -0.493 e. The van der Waals surface area contributed by atoms with E-state index in [0.29, 0.717) is 36.9 Å². The number of piperazine rings is 1. The molecule has 0 aliphatic carbocycles. The Bertz CT molecular complexity index is 736. The molecule has 8 nitrogen and oxygen atoms in total. The van der Waals surface area contributed by atoms with Gasteiger partial charge in [-0.2, -0.15) is 0 Å². The van der Waals surface area contributed by atoms with E-state index in [0.717, 1.165) is 0 Å². The van der Waals surface area contributed by atoms with Crippen LogP contribution in [0.15, 0.2) is 24.3 Å². The van der Waals surface area contributed by atoms with E-state index in [1.807, 2.05) is 0 Å². The number of ether oxygens (including phenoxy) is 2. The molecule has 2 amide bonds. The maximum Gasteiger partial charge on any atom is 0.308 e. The van der Waals surface area contributed by atoms with Crippen molar-refractivity contribution in [1.29, 1.82) is 0 Å². The lowest BCUT2D eigenvalue weighted by Gasteiger charge is -2.36. The monoisotopic (exact) mass is 407 g/mol. The Labute approximate surface area is 169 Å². The quantitative estimate of drug-likeness (QED) is 0.538. The van der Waals surface area contributed by atoms with Crippen LogP contribution in [0, 0.1) is 5.92 Å². The highest BCUT2D eigenvalue weighted by molar-refractivity contribution is 7.80. The second kappa shape index (κ2) is 10.0. The number of nitrogens with zero attached hydrogens (tertiary/aromatic N) is 1. The normalized spacial score (nSPS) is 16.4. The second-order valence-corrected chi connectivity index (χ2v) is 7.16. The predicted molar refractivity (Wildman–Crippen MR) is 107 cm³/mol. The number of thiocarbonyl (C=S) groups is 1. The molecule has 1 fully saturated rings. The number of hydrogen-bond donors (Lipinski definition) is 2. The molecule has 0 bridgehead atoms. The first kappa shape index (κ1) is 21.6. The van der Waals surface area contributed by atoms with Crippen molar-refractivity contribution in [2.45, 2.75) is 26.3 Å². The molecule has 1 saturated heterocycles. The van der Waals surface area contributed by atoms with Gasteiger partial charge in [0.05, 0.1) is 20.1 Å². The highest BCUT2D eigenvalue weighted by atomic mass is 32.1. The number of carbonyl (C=O) groups is 3. The average molecular weight is 407 g/mol. The van der Waals surface area contributed by atoms with Crippen LogP contribution in [0.25, 0.3) is 0 Å². The second-order valence-electron chi connectivity index (χ2n) is 6.77. The third-order valence-electron chi connectivity index (χ3n) is 4.10. The molecule has 152 valence electrons. The molecule has 9 heteroatoms. The van der Waals surface area contributed by atoms with E-state index in [1.165, 1.54) is 12.0 Å². The first-order chi connectivity index (χ1) is 13.3. The van der Waals surface area contributed by atoms with Gasteiger partial charge < -0.3 is 19.7 Å². The van der Waals surface area contributed by atoms with Gasteiger partial charge in [-0.25, -0.2) is 0 Å². The number of rotatable bonds is 6. The molecule has 0 radical (unpaired) electrons. The van der Waals surface area contributed by atoms with Crippen LogP contribution in [0.1, 0.15) is 30.6 Å². The van der Waals surface area contributed by atoms with Crippen molar-refractivity contribution in [3.63, 3.8) is 0 Å². The number of amides is 2. The summed E-state index contributed by atoms with van der Waals surface area (Å²) in [7, 11) is 1.25. The van der Waals surface area contributed by atoms with Crippen molar-refractivity contribution in [2.24, 2.45) is 5.92 Å². The van der Waals surface area contributed by atoms with Crippen LogP contribution in [-0.2, 0) is 14.3 Å². The van der Waals surface area contributed by atoms with Crippen LogP contribution in [0.4, 0.5) is 0 Å². The summed E-state index contributed by atoms with van der Waals surface area (Å²) in [5.74, 6) is -0.181. The SMILES string of the molecule is COC(=O)CC1C(=O)NCCN1C(=S)NC(=O)c1ccc(OCC(C)C)cc1. The molecule has 1 aromatic rings. The Morgan fingerprint density at radius 3 is 2.61 bits per heavy atom. The summed E-state index contributed by atoms with van der Waals surface area (Å²) in [6.45, 7) is 5.45. The predicted octanol–water partition coefficient (Wildman–Crippen LogP) is 1.10. The molecule has 2 rings (SSSR count). The van der Waals surface area contributed by atoms with E-state index in [-0.39, 0.29) is 17.4 Å². The number of benzene rings is 1. The fourth-order valence-corrected chi connectivity index (χ4v) is 2.92. The summed E-state index contributed by atoms with van der Waals surface area (Å²) in [5.41, 5.74) is 0.408. The summed E-state index contributed by atoms with van der Waals surface area (Å²) >= 11 is 5.30. The molecule has 2 N–H and O–H groups in total. The minimum atomic E-state index is -0.819. The summed E-state index contributed by atoms with van der Waals surface area (Å²) in [6, 6.07) is 5.90. The van der Waals surface area contributed by atoms with Crippen LogP contribution < -0.4 is 15.4 Å². The van der Waals surface area contributed by atoms with Gasteiger partial charge in [-0.1, -0.05) is 13.8 Å². The summed E-state index contributed by atoms with van der Waals surface area (Å²) < 4.78 is 10.2. The van der Waals surface area contributed by atoms with Gasteiger partial charge in [-0.3, -0.25) is 19.7 Å². The van der Waals surface area contributed by atoms with Crippen LogP contribution in [0.5, 0.6) is 5.75 Å². The fourth-order valence-electron chi connectivity index (χ4n) is 2.61. The third-order valence-corrected chi connectivity index (χ3v) is 4.44. The van der Waals surface area contributed by atoms with Gasteiger partial charge in [0.15, 0.2) is 5.11 Å².